The van der Waals surface area contributed by atoms with Gasteiger partial charge in [0.15, 0.2) is 5.82 Å². The summed E-state index contributed by atoms with van der Waals surface area (Å²) in [5.41, 5.74) is 6.71. The first-order valence-corrected chi connectivity index (χ1v) is 6.82. The Balaban J connectivity index is 2.14. The summed E-state index contributed by atoms with van der Waals surface area (Å²) in [6.07, 6.45) is 1.35. The Morgan fingerprint density at radius 2 is 2.20 bits per heavy atom. The summed E-state index contributed by atoms with van der Waals surface area (Å²) in [6.45, 7) is 2.56. The van der Waals surface area contributed by atoms with Crippen molar-refractivity contribution in [2.75, 3.05) is 17.7 Å². The second-order valence-corrected chi connectivity index (χ2v) is 4.88. The van der Waals surface area contributed by atoms with E-state index in [1.807, 2.05) is 6.92 Å². The maximum absolute atomic E-state index is 13.6. The van der Waals surface area contributed by atoms with Gasteiger partial charge in [0, 0.05) is 16.6 Å². The Morgan fingerprint density at radius 3 is 2.95 bits per heavy atom. The molecule has 2 aromatic rings. The number of anilines is 2. The standard InChI is InChI=1S/C13H14BrFN4O/c1-2-20-13-11(16)12(18-7-19-13)17-6-8-5-9(14)3-4-10(8)15/h3-5,7H,2,6,16H2,1H3,(H,17,18,19). The van der Waals surface area contributed by atoms with Gasteiger partial charge >= 0.3 is 0 Å². The van der Waals surface area contributed by atoms with Gasteiger partial charge in [-0.05, 0) is 25.1 Å². The first-order valence-electron chi connectivity index (χ1n) is 6.03. The molecule has 0 aliphatic carbocycles. The van der Waals surface area contributed by atoms with Crippen LogP contribution in [0.25, 0.3) is 0 Å². The van der Waals surface area contributed by atoms with Crippen LogP contribution in [-0.2, 0) is 6.54 Å². The number of nitrogens with one attached hydrogen (secondary N) is 1. The van der Waals surface area contributed by atoms with Crippen LogP contribution in [0.15, 0.2) is 29.0 Å². The summed E-state index contributed by atoms with van der Waals surface area (Å²) in [7, 11) is 0. The van der Waals surface area contributed by atoms with Crippen molar-refractivity contribution in [2.45, 2.75) is 13.5 Å². The van der Waals surface area contributed by atoms with Crippen LogP contribution in [0, 0.1) is 5.82 Å². The van der Waals surface area contributed by atoms with E-state index in [9.17, 15) is 4.39 Å². The maximum Gasteiger partial charge on any atom is 0.242 e. The Kier molecular flexibility index (Phi) is 4.73. The largest absolute Gasteiger partial charge is 0.476 e. The van der Waals surface area contributed by atoms with E-state index >= 15 is 0 Å². The van der Waals surface area contributed by atoms with E-state index in [1.165, 1.54) is 12.4 Å². The molecule has 0 radical (unpaired) electrons. The van der Waals surface area contributed by atoms with Crippen molar-refractivity contribution in [3.63, 3.8) is 0 Å². The second kappa shape index (κ2) is 6.51. The number of aromatic nitrogens is 2. The van der Waals surface area contributed by atoms with Gasteiger partial charge in [0.05, 0.1) is 6.61 Å². The van der Waals surface area contributed by atoms with Crippen LogP contribution in [0.4, 0.5) is 15.9 Å². The molecule has 0 amide bonds. The van der Waals surface area contributed by atoms with Gasteiger partial charge in [-0.2, -0.15) is 4.98 Å². The highest BCUT2D eigenvalue weighted by Gasteiger charge is 2.10. The highest BCUT2D eigenvalue weighted by molar-refractivity contribution is 9.10. The first kappa shape index (κ1) is 14.5. The van der Waals surface area contributed by atoms with Crippen LogP contribution in [0.1, 0.15) is 12.5 Å². The van der Waals surface area contributed by atoms with Gasteiger partial charge in [-0.1, -0.05) is 15.9 Å². The number of nitrogens with zero attached hydrogens (tertiary/aromatic N) is 2. The van der Waals surface area contributed by atoms with Crippen molar-refractivity contribution in [3.8, 4) is 5.88 Å². The number of rotatable bonds is 5. The summed E-state index contributed by atoms with van der Waals surface area (Å²) in [6, 6.07) is 4.74. The predicted molar refractivity (Wildman–Crippen MR) is 79.0 cm³/mol. The third kappa shape index (κ3) is 3.36. The summed E-state index contributed by atoms with van der Waals surface area (Å²) in [5, 5.41) is 2.98. The Labute approximate surface area is 124 Å². The van der Waals surface area contributed by atoms with Crippen molar-refractivity contribution in [1.29, 1.82) is 0 Å². The number of halogens is 2. The molecule has 20 heavy (non-hydrogen) atoms. The molecule has 0 atom stereocenters. The number of nitrogens with two attached hydrogens (primary N) is 1. The van der Waals surface area contributed by atoms with E-state index in [4.69, 9.17) is 10.5 Å². The molecule has 0 unspecified atom stereocenters. The van der Waals surface area contributed by atoms with E-state index in [0.29, 0.717) is 29.6 Å². The molecule has 3 N–H and O–H groups in total. The van der Waals surface area contributed by atoms with E-state index in [1.54, 1.807) is 12.1 Å². The zero-order valence-electron chi connectivity index (χ0n) is 10.9. The predicted octanol–water partition coefficient (Wildman–Crippen LogP) is 2.97. The average molecular weight is 341 g/mol. The van der Waals surface area contributed by atoms with Crippen LogP contribution in [0.2, 0.25) is 0 Å². The van der Waals surface area contributed by atoms with Crippen molar-refractivity contribution in [3.05, 3.63) is 40.4 Å². The molecule has 1 aromatic carbocycles. The number of hydrogen-bond donors (Lipinski definition) is 2. The van der Waals surface area contributed by atoms with Crippen LogP contribution in [0.5, 0.6) is 5.88 Å². The topological polar surface area (TPSA) is 73.1 Å². The SMILES string of the molecule is CCOc1ncnc(NCc2cc(Br)ccc2F)c1N. The molecule has 7 heteroatoms. The van der Waals surface area contributed by atoms with Crippen LogP contribution in [0.3, 0.4) is 0 Å². The smallest absolute Gasteiger partial charge is 0.242 e. The third-order valence-corrected chi connectivity index (χ3v) is 3.08. The normalized spacial score (nSPS) is 10.3. The Morgan fingerprint density at radius 1 is 1.40 bits per heavy atom. The molecule has 0 saturated heterocycles. The lowest BCUT2D eigenvalue weighted by atomic mass is 10.2. The molecule has 1 aromatic heterocycles. The van der Waals surface area contributed by atoms with Gasteiger partial charge in [-0.15, -0.1) is 0 Å². The van der Waals surface area contributed by atoms with E-state index < -0.39 is 0 Å². The molecule has 0 spiro atoms. The van der Waals surface area contributed by atoms with Gasteiger partial charge in [0.1, 0.15) is 17.8 Å². The van der Waals surface area contributed by atoms with Crippen molar-refractivity contribution in [2.24, 2.45) is 0 Å². The van der Waals surface area contributed by atoms with Crippen LogP contribution < -0.4 is 15.8 Å². The lowest BCUT2D eigenvalue weighted by Gasteiger charge is -2.11. The molecule has 0 aliphatic heterocycles. The molecular formula is C13H14BrFN4O. The molecular weight excluding hydrogens is 327 g/mol. The number of ether oxygens (including phenoxy) is 1. The highest BCUT2D eigenvalue weighted by Crippen LogP contribution is 2.25. The molecule has 0 saturated carbocycles. The Bertz CT molecular complexity index is 609. The quantitative estimate of drug-likeness (QED) is 0.875. The third-order valence-electron chi connectivity index (χ3n) is 2.58. The lowest BCUT2D eigenvalue weighted by Crippen LogP contribution is -2.08. The van der Waals surface area contributed by atoms with E-state index in [0.717, 1.165) is 4.47 Å². The molecule has 0 aliphatic rings. The minimum absolute atomic E-state index is 0.262. The van der Waals surface area contributed by atoms with Crippen molar-refractivity contribution in [1.82, 2.24) is 9.97 Å². The van der Waals surface area contributed by atoms with Gasteiger partial charge < -0.3 is 15.8 Å². The minimum atomic E-state index is -0.293. The molecule has 2 rings (SSSR count). The molecule has 0 bridgehead atoms. The number of hydrogen-bond acceptors (Lipinski definition) is 5. The summed E-state index contributed by atoms with van der Waals surface area (Å²) >= 11 is 3.30. The summed E-state index contributed by atoms with van der Waals surface area (Å²) < 4.78 is 19.7. The van der Waals surface area contributed by atoms with Gasteiger partial charge in [0.2, 0.25) is 5.88 Å². The fraction of sp³-hybridized carbons (Fsp3) is 0.231. The Hall–Kier alpha value is -1.89. The molecule has 1 heterocycles. The average Bonchev–Trinajstić information content (AvgIpc) is 2.43. The zero-order chi connectivity index (χ0) is 14.5. The maximum atomic E-state index is 13.6. The molecule has 0 fully saturated rings. The van der Waals surface area contributed by atoms with Gasteiger partial charge in [-0.25, -0.2) is 9.37 Å². The molecule has 106 valence electrons. The van der Waals surface area contributed by atoms with Gasteiger partial charge in [-0.3, -0.25) is 0 Å². The van der Waals surface area contributed by atoms with Crippen molar-refractivity contribution < 1.29 is 9.13 Å². The number of nitrogen functional groups attached to an aromatic ring is 1. The first-order chi connectivity index (χ1) is 9.61. The number of benzene rings is 1. The lowest BCUT2D eigenvalue weighted by molar-refractivity contribution is 0.328. The fourth-order valence-electron chi connectivity index (χ4n) is 1.63. The summed E-state index contributed by atoms with van der Waals surface area (Å²) in [5.74, 6) is 0.445. The monoisotopic (exact) mass is 340 g/mol. The van der Waals surface area contributed by atoms with Crippen molar-refractivity contribution >= 4 is 27.4 Å². The summed E-state index contributed by atoms with van der Waals surface area (Å²) in [4.78, 5) is 7.96. The fourth-order valence-corrected chi connectivity index (χ4v) is 2.04. The molecule has 5 nitrogen and oxygen atoms in total. The van der Waals surface area contributed by atoms with Crippen LogP contribution >= 0.6 is 15.9 Å². The second-order valence-electron chi connectivity index (χ2n) is 3.96. The zero-order valence-corrected chi connectivity index (χ0v) is 12.4. The van der Waals surface area contributed by atoms with Crippen LogP contribution in [-0.4, -0.2) is 16.6 Å². The minimum Gasteiger partial charge on any atom is -0.476 e. The van der Waals surface area contributed by atoms with E-state index in [2.05, 4.69) is 31.2 Å². The van der Waals surface area contributed by atoms with E-state index in [-0.39, 0.29) is 12.4 Å². The highest BCUT2D eigenvalue weighted by atomic mass is 79.9. The van der Waals surface area contributed by atoms with Gasteiger partial charge in [0.25, 0.3) is 0 Å².